The minimum Gasteiger partial charge on any atom is -0.374 e. The second-order valence-electron chi connectivity index (χ2n) is 6.10. The number of benzene rings is 2. The largest absolute Gasteiger partial charge is 0.374 e. The molecule has 1 aliphatic heterocycles. The van der Waals surface area contributed by atoms with E-state index in [0.717, 1.165) is 23.4 Å². The number of halogens is 1. The molecule has 0 bridgehead atoms. The maximum Gasteiger partial charge on any atom is 0.246 e. The second-order valence-corrected chi connectivity index (χ2v) is 6.51. The first-order valence-electron chi connectivity index (χ1n) is 8.18. The van der Waals surface area contributed by atoms with Crippen LogP contribution in [0.2, 0.25) is 5.02 Å². The summed E-state index contributed by atoms with van der Waals surface area (Å²) in [5, 5.41) is 6.52. The van der Waals surface area contributed by atoms with Gasteiger partial charge in [-0.1, -0.05) is 23.7 Å². The van der Waals surface area contributed by atoms with Gasteiger partial charge in [0.2, 0.25) is 11.8 Å². The van der Waals surface area contributed by atoms with Gasteiger partial charge in [0.1, 0.15) is 6.04 Å². The van der Waals surface area contributed by atoms with Crippen LogP contribution in [0.25, 0.3) is 0 Å². The molecule has 0 saturated carbocycles. The van der Waals surface area contributed by atoms with Gasteiger partial charge in [-0.25, -0.2) is 0 Å². The van der Waals surface area contributed by atoms with Crippen molar-refractivity contribution < 1.29 is 9.59 Å². The van der Waals surface area contributed by atoms with Gasteiger partial charge in [0.15, 0.2) is 0 Å². The van der Waals surface area contributed by atoms with Gasteiger partial charge in [-0.2, -0.15) is 0 Å². The van der Waals surface area contributed by atoms with E-state index in [-0.39, 0.29) is 11.8 Å². The van der Waals surface area contributed by atoms with Crippen molar-refractivity contribution in [1.29, 1.82) is 0 Å². The summed E-state index contributed by atoms with van der Waals surface area (Å²) in [5.41, 5.74) is 3.50. The molecule has 2 aromatic carbocycles. The predicted octanol–water partition coefficient (Wildman–Crippen LogP) is 3.69. The zero-order chi connectivity index (χ0) is 18.0. The number of anilines is 3. The third-order valence-electron chi connectivity index (χ3n) is 4.26. The maximum atomic E-state index is 12.4. The Morgan fingerprint density at radius 3 is 2.68 bits per heavy atom. The molecule has 1 aliphatic rings. The molecule has 1 heterocycles. The molecule has 1 atom stereocenters. The van der Waals surface area contributed by atoms with Crippen LogP contribution in [0, 0.1) is 0 Å². The molecule has 2 aromatic rings. The minimum atomic E-state index is -0.431. The predicted molar refractivity (Wildman–Crippen MR) is 101 cm³/mol. The van der Waals surface area contributed by atoms with E-state index in [2.05, 4.69) is 10.6 Å². The fourth-order valence-corrected chi connectivity index (χ4v) is 3.12. The van der Waals surface area contributed by atoms with Gasteiger partial charge in [0.25, 0.3) is 0 Å². The molecule has 130 valence electrons. The van der Waals surface area contributed by atoms with Gasteiger partial charge in [0, 0.05) is 24.8 Å². The molecule has 25 heavy (non-hydrogen) atoms. The molecule has 0 aliphatic carbocycles. The molecular weight excluding hydrogens is 338 g/mol. The Bertz CT molecular complexity index is 822. The van der Waals surface area contributed by atoms with Gasteiger partial charge < -0.3 is 15.5 Å². The lowest BCUT2D eigenvalue weighted by atomic mass is 10.1. The number of carbonyl (C=O) groups is 2. The van der Waals surface area contributed by atoms with E-state index in [4.69, 9.17) is 11.6 Å². The van der Waals surface area contributed by atoms with Crippen molar-refractivity contribution in [3.63, 3.8) is 0 Å². The first-order valence-corrected chi connectivity index (χ1v) is 8.56. The van der Waals surface area contributed by atoms with Crippen molar-refractivity contribution in [2.75, 3.05) is 22.1 Å². The number of para-hydroxylation sites is 1. The maximum absolute atomic E-state index is 12.4. The topological polar surface area (TPSA) is 61.4 Å². The summed E-state index contributed by atoms with van der Waals surface area (Å²) in [4.78, 5) is 25.7. The number of hydrogen-bond donors (Lipinski definition) is 2. The summed E-state index contributed by atoms with van der Waals surface area (Å²) in [6, 6.07) is 12.5. The van der Waals surface area contributed by atoms with Crippen LogP contribution in [0.1, 0.15) is 19.4 Å². The quantitative estimate of drug-likeness (QED) is 0.877. The zero-order valence-corrected chi connectivity index (χ0v) is 14.9. The van der Waals surface area contributed by atoms with Gasteiger partial charge in [-0.05, 0) is 49.2 Å². The standard InChI is InChI=1S/C19H20ClN3O2/c1-12(19(25)22-17-6-4-3-5-16(17)20)21-15-7-8-18-14(11-15)9-10-23(18)13(2)24/h3-8,11-12,21H,9-10H2,1-2H3,(H,22,25). The van der Waals surface area contributed by atoms with Crippen molar-refractivity contribution in [2.24, 2.45) is 0 Å². The van der Waals surface area contributed by atoms with E-state index in [9.17, 15) is 9.59 Å². The van der Waals surface area contributed by atoms with Crippen molar-refractivity contribution in [3.05, 3.63) is 53.1 Å². The van der Waals surface area contributed by atoms with Crippen LogP contribution in [0.15, 0.2) is 42.5 Å². The highest BCUT2D eigenvalue weighted by atomic mass is 35.5. The molecule has 0 spiro atoms. The molecular formula is C19H20ClN3O2. The Morgan fingerprint density at radius 1 is 1.20 bits per heavy atom. The lowest BCUT2D eigenvalue weighted by molar-refractivity contribution is -0.117. The minimum absolute atomic E-state index is 0.0481. The van der Waals surface area contributed by atoms with E-state index in [1.165, 1.54) is 0 Å². The van der Waals surface area contributed by atoms with E-state index >= 15 is 0 Å². The lowest BCUT2D eigenvalue weighted by Gasteiger charge is -2.18. The third-order valence-corrected chi connectivity index (χ3v) is 4.59. The van der Waals surface area contributed by atoms with Crippen LogP contribution in [0.5, 0.6) is 0 Å². The smallest absolute Gasteiger partial charge is 0.246 e. The van der Waals surface area contributed by atoms with Gasteiger partial charge in [-0.3, -0.25) is 9.59 Å². The normalized spacial score (nSPS) is 14.0. The molecule has 0 radical (unpaired) electrons. The highest BCUT2D eigenvalue weighted by Gasteiger charge is 2.22. The van der Waals surface area contributed by atoms with Crippen LogP contribution in [0.4, 0.5) is 17.1 Å². The fourth-order valence-electron chi connectivity index (χ4n) is 2.94. The molecule has 2 N–H and O–H groups in total. The Labute approximate surface area is 152 Å². The van der Waals surface area contributed by atoms with Crippen LogP contribution >= 0.6 is 11.6 Å². The molecule has 0 fully saturated rings. The monoisotopic (exact) mass is 357 g/mol. The number of carbonyl (C=O) groups excluding carboxylic acids is 2. The zero-order valence-electron chi connectivity index (χ0n) is 14.2. The summed E-state index contributed by atoms with van der Waals surface area (Å²) in [5.74, 6) is -0.120. The van der Waals surface area contributed by atoms with Crippen molar-refractivity contribution in [3.8, 4) is 0 Å². The van der Waals surface area contributed by atoms with Gasteiger partial charge in [0.05, 0.1) is 10.7 Å². The average Bonchev–Trinajstić information content (AvgIpc) is 3.00. The SMILES string of the molecule is CC(=O)N1CCc2cc(NC(C)C(=O)Nc3ccccc3Cl)ccc21. The summed E-state index contributed by atoms with van der Waals surface area (Å²) in [6.07, 6.45) is 0.824. The van der Waals surface area contributed by atoms with Crippen molar-refractivity contribution in [1.82, 2.24) is 0 Å². The van der Waals surface area contributed by atoms with E-state index < -0.39 is 6.04 Å². The fraction of sp³-hybridized carbons (Fsp3) is 0.263. The van der Waals surface area contributed by atoms with E-state index in [1.54, 1.807) is 30.9 Å². The first-order chi connectivity index (χ1) is 12.0. The summed E-state index contributed by atoms with van der Waals surface area (Å²) in [7, 11) is 0. The highest BCUT2D eigenvalue weighted by molar-refractivity contribution is 6.33. The van der Waals surface area contributed by atoms with Crippen LogP contribution in [-0.4, -0.2) is 24.4 Å². The number of hydrogen-bond acceptors (Lipinski definition) is 3. The highest BCUT2D eigenvalue weighted by Crippen LogP contribution is 2.30. The lowest BCUT2D eigenvalue weighted by Crippen LogP contribution is -2.32. The molecule has 1 unspecified atom stereocenters. The molecule has 6 heteroatoms. The number of nitrogens with one attached hydrogen (secondary N) is 2. The third kappa shape index (κ3) is 3.77. The molecule has 5 nitrogen and oxygen atoms in total. The van der Waals surface area contributed by atoms with E-state index in [1.807, 2.05) is 30.3 Å². The number of fused-ring (bicyclic) bond motifs is 1. The van der Waals surface area contributed by atoms with Crippen molar-refractivity contribution in [2.45, 2.75) is 26.3 Å². The van der Waals surface area contributed by atoms with Crippen molar-refractivity contribution >= 4 is 40.5 Å². The number of rotatable bonds is 4. The summed E-state index contributed by atoms with van der Waals surface area (Å²) in [6.45, 7) is 4.07. The Morgan fingerprint density at radius 2 is 1.96 bits per heavy atom. The van der Waals surface area contributed by atoms with Crippen LogP contribution in [0.3, 0.4) is 0 Å². The van der Waals surface area contributed by atoms with Gasteiger partial charge in [-0.15, -0.1) is 0 Å². The molecule has 0 saturated heterocycles. The van der Waals surface area contributed by atoms with Gasteiger partial charge >= 0.3 is 0 Å². The van der Waals surface area contributed by atoms with E-state index in [0.29, 0.717) is 17.3 Å². The summed E-state index contributed by atoms with van der Waals surface area (Å²) >= 11 is 6.07. The first kappa shape index (κ1) is 17.3. The number of amides is 2. The Kier molecular flexibility index (Phi) is 4.95. The second kappa shape index (κ2) is 7.15. The molecule has 0 aromatic heterocycles. The van der Waals surface area contributed by atoms with Crippen LogP contribution < -0.4 is 15.5 Å². The molecule has 3 rings (SSSR count). The Balaban J connectivity index is 1.67. The summed E-state index contributed by atoms with van der Waals surface area (Å²) < 4.78 is 0. The average molecular weight is 358 g/mol. The molecule has 2 amide bonds. The van der Waals surface area contributed by atoms with Crippen LogP contribution in [-0.2, 0) is 16.0 Å². The number of nitrogens with zero attached hydrogens (tertiary/aromatic N) is 1. The Hall–Kier alpha value is -2.53.